The fourth-order valence-electron chi connectivity index (χ4n) is 1.40. The number of nitrogens with one attached hydrogen (secondary N) is 1. The maximum atomic E-state index is 11.4. The second-order valence-corrected chi connectivity index (χ2v) is 8.64. The minimum Gasteiger partial charge on any atom is -0.444 e. The van der Waals surface area contributed by atoms with Crippen molar-refractivity contribution < 1.29 is 35.5 Å². The van der Waals surface area contributed by atoms with Crippen molar-refractivity contribution in [2.24, 2.45) is 5.92 Å². The van der Waals surface area contributed by atoms with Gasteiger partial charge in [0.15, 0.2) is 0 Å². The normalized spacial score (nSPS) is 14.5. The van der Waals surface area contributed by atoms with Crippen LogP contribution < -0.4 is 5.32 Å². The number of amides is 1. The molecule has 0 aliphatic heterocycles. The van der Waals surface area contributed by atoms with E-state index in [-0.39, 0.29) is 13.0 Å². The molecule has 1 atom stereocenters. The quantitative estimate of drug-likeness (QED) is 0.557. The zero-order chi connectivity index (χ0) is 16.9. The van der Waals surface area contributed by atoms with Crippen molar-refractivity contribution in [2.45, 2.75) is 32.8 Å². The molecule has 0 aromatic heterocycles. The first-order valence-corrected chi connectivity index (χ1v) is 9.27. The van der Waals surface area contributed by atoms with E-state index in [0.717, 1.165) is 0 Å². The summed E-state index contributed by atoms with van der Waals surface area (Å²) in [4.78, 5) is 11.4. The molecule has 0 bridgehead atoms. The van der Waals surface area contributed by atoms with Crippen LogP contribution in [0.4, 0.5) is 4.79 Å². The van der Waals surface area contributed by atoms with Crippen LogP contribution in [0.15, 0.2) is 0 Å². The van der Waals surface area contributed by atoms with Crippen molar-refractivity contribution in [2.75, 3.05) is 18.1 Å². The molecular weight excluding hydrogens is 326 g/mol. The van der Waals surface area contributed by atoms with Gasteiger partial charge in [-0.05, 0) is 33.1 Å². The van der Waals surface area contributed by atoms with E-state index in [1.165, 1.54) is 0 Å². The van der Waals surface area contributed by atoms with E-state index in [1.807, 2.05) is 0 Å². The van der Waals surface area contributed by atoms with Gasteiger partial charge in [0.25, 0.3) is 20.2 Å². The molecule has 1 amide bonds. The predicted molar refractivity (Wildman–Crippen MR) is 75.2 cm³/mol. The topological polar surface area (TPSA) is 147 Å². The van der Waals surface area contributed by atoms with E-state index in [4.69, 9.17) is 13.8 Å². The summed E-state index contributed by atoms with van der Waals surface area (Å²) in [7, 11) is -8.61. The summed E-state index contributed by atoms with van der Waals surface area (Å²) in [5.41, 5.74) is -0.739. The van der Waals surface area contributed by atoms with E-state index in [1.54, 1.807) is 20.8 Å². The largest absolute Gasteiger partial charge is 0.444 e. The number of hydrogen-bond acceptors (Lipinski definition) is 6. The van der Waals surface area contributed by atoms with Gasteiger partial charge >= 0.3 is 6.09 Å². The summed E-state index contributed by atoms with van der Waals surface area (Å²) < 4.78 is 65.4. The van der Waals surface area contributed by atoms with Gasteiger partial charge in [0.2, 0.25) is 0 Å². The lowest BCUT2D eigenvalue weighted by Gasteiger charge is -2.21. The minimum atomic E-state index is -4.34. The maximum Gasteiger partial charge on any atom is 0.407 e. The number of carbonyl (C=O) groups is 1. The highest BCUT2D eigenvalue weighted by Crippen LogP contribution is 2.09. The van der Waals surface area contributed by atoms with Crippen molar-refractivity contribution in [3.63, 3.8) is 0 Å². The molecule has 21 heavy (non-hydrogen) atoms. The third kappa shape index (κ3) is 13.8. The van der Waals surface area contributed by atoms with Gasteiger partial charge in [0, 0.05) is 6.54 Å². The van der Waals surface area contributed by atoms with Crippen LogP contribution in [0.2, 0.25) is 0 Å². The van der Waals surface area contributed by atoms with Crippen molar-refractivity contribution in [1.29, 1.82) is 0 Å². The Labute approximate surface area is 124 Å². The zero-order valence-corrected chi connectivity index (χ0v) is 13.7. The van der Waals surface area contributed by atoms with Crippen LogP contribution in [-0.4, -0.2) is 55.7 Å². The molecule has 0 radical (unpaired) electrons. The van der Waals surface area contributed by atoms with Gasteiger partial charge in [0.05, 0.1) is 11.5 Å². The molecule has 0 rings (SSSR count). The van der Waals surface area contributed by atoms with Gasteiger partial charge in [-0.3, -0.25) is 9.11 Å². The molecule has 9 nitrogen and oxygen atoms in total. The Morgan fingerprint density at radius 3 is 2.05 bits per heavy atom. The lowest BCUT2D eigenvalue weighted by atomic mass is 10.1. The first-order valence-electron chi connectivity index (χ1n) is 6.05. The summed E-state index contributed by atoms with van der Waals surface area (Å²) in [6.45, 7) is 4.70. The van der Waals surface area contributed by atoms with Crippen LogP contribution in [0.25, 0.3) is 0 Å². The Morgan fingerprint density at radius 1 is 1.14 bits per heavy atom. The lowest BCUT2D eigenvalue weighted by Crippen LogP contribution is -2.37. The smallest absolute Gasteiger partial charge is 0.407 e. The van der Waals surface area contributed by atoms with E-state index in [9.17, 15) is 21.6 Å². The molecule has 0 spiro atoms. The van der Waals surface area contributed by atoms with Crippen molar-refractivity contribution in [3.05, 3.63) is 0 Å². The highest BCUT2D eigenvalue weighted by Gasteiger charge is 2.22. The maximum absolute atomic E-state index is 11.4. The first-order chi connectivity index (χ1) is 9.18. The fraction of sp³-hybridized carbons (Fsp3) is 0.900. The SMILES string of the molecule is CC(C)(C)OC(=O)NCC(CCS(=O)(=O)O)CS(=O)(=O)O. The summed E-state index contributed by atoms with van der Waals surface area (Å²) in [6, 6.07) is 0. The average Bonchev–Trinajstić information content (AvgIpc) is 2.16. The minimum absolute atomic E-state index is 0.218. The number of alkyl carbamates (subject to hydrolysis) is 1. The summed E-state index contributed by atoms with van der Waals surface area (Å²) in [5, 5.41) is 2.28. The Balaban J connectivity index is 4.58. The van der Waals surface area contributed by atoms with Gasteiger partial charge in [0.1, 0.15) is 5.60 Å². The average molecular weight is 347 g/mol. The molecule has 3 N–H and O–H groups in total. The molecule has 0 aliphatic rings. The molecule has 0 aromatic carbocycles. The van der Waals surface area contributed by atoms with Gasteiger partial charge in [-0.25, -0.2) is 4.79 Å². The molecule has 0 fully saturated rings. The van der Waals surface area contributed by atoms with Gasteiger partial charge in [-0.15, -0.1) is 0 Å². The third-order valence-corrected chi connectivity index (χ3v) is 3.81. The summed E-state index contributed by atoms with van der Waals surface area (Å²) >= 11 is 0. The molecule has 0 aliphatic carbocycles. The van der Waals surface area contributed by atoms with E-state index >= 15 is 0 Å². The fourth-order valence-corrected chi connectivity index (χ4v) is 2.91. The molecule has 0 saturated heterocycles. The Bertz CT molecular complexity index is 546. The standard InChI is InChI=1S/C10H21NO8S2/c1-10(2,3)19-9(12)11-6-8(7-21(16,17)18)4-5-20(13,14)15/h8H,4-7H2,1-3H3,(H,11,12)(H,13,14,15)(H,16,17,18). The third-order valence-electron chi connectivity index (χ3n) is 2.16. The Kier molecular flexibility index (Phi) is 7.06. The highest BCUT2D eigenvalue weighted by molar-refractivity contribution is 7.86. The van der Waals surface area contributed by atoms with Gasteiger partial charge in [-0.2, -0.15) is 16.8 Å². The van der Waals surface area contributed by atoms with Gasteiger partial charge < -0.3 is 10.1 Å². The Hall–Kier alpha value is -0.910. The predicted octanol–water partition coefficient (Wildman–Crippen LogP) is 0.293. The second-order valence-electron chi connectivity index (χ2n) is 5.57. The highest BCUT2D eigenvalue weighted by atomic mass is 32.2. The van der Waals surface area contributed by atoms with E-state index in [2.05, 4.69) is 5.32 Å². The molecule has 0 aromatic rings. The van der Waals surface area contributed by atoms with Crippen molar-refractivity contribution in [3.8, 4) is 0 Å². The molecule has 0 saturated carbocycles. The Morgan fingerprint density at radius 2 is 1.67 bits per heavy atom. The van der Waals surface area contributed by atoms with E-state index in [0.29, 0.717) is 0 Å². The van der Waals surface area contributed by atoms with Crippen molar-refractivity contribution >= 4 is 26.3 Å². The second kappa shape index (κ2) is 7.38. The molecule has 0 heterocycles. The number of hydrogen-bond donors (Lipinski definition) is 3. The number of carbonyl (C=O) groups excluding carboxylic acids is 1. The monoisotopic (exact) mass is 347 g/mol. The van der Waals surface area contributed by atoms with Crippen LogP contribution in [-0.2, 0) is 25.0 Å². The molecule has 1 unspecified atom stereocenters. The zero-order valence-electron chi connectivity index (χ0n) is 12.1. The van der Waals surface area contributed by atoms with Crippen LogP contribution >= 0.6 is 0 Å². The van der Waals surface area contributed by atoms with Crippen LogP contribution in [0.1, 0.15) is 27.2 Å². The number of rotatable bonds is 7. The van der Waals surface area contributed by atoms with Crippen molar-refractivity contribution in [1.82, 2.24) is 5.32 Å². The number of ether oxygens (including phenoxy) is 1. The lowest BCUT2D eigenvalue weighted by molar-refractivity contribution is 0.0520. The molecule has 11 heteroatoms. The summed E-state index contributed by atoms with van der Waals surface area (Å²) in [6.07, 6.45) is -1.04. The van der Waals surface area contributed by atoms with Gasteiger partial charge in [-0.1, -0.05) is 0 Å². The molecule has 126 valence electrons. The van der Waals surface area contributed by atoms with Crippen LogP contribution in [0.5, 0.6) is 0 Å². The van der Waals surface area contributed by atoms with Crippen LogP contribution in [0, 0.1) is 5.92 Å². The van der Waals surface area contributed by atoms with E-state index < -0.39 is 49.4 Å². The molecular formula is C10H21NO8S2. The summed E-state index contributed by atoms with van der Waals surface area (Å²) in [5.74, 6) is -2.30. The first kappa shape index (κ1) is 20.1. The van der Waals surface area contributed by atoms with Crippen LogP contribution in [0.3, 0.4) is 0 Å².